The molecule has 6 atom stereocenters. The van der Waals surface area contributed by atoms with E-state index in [1.54, 1.807) is 30.3 Å². The third kappa shape index (κ3) is 5.54. The number of nitrogens with zero attached hydrogens (tertiary/aromatic N) is 3. The molecular weight excluding hydrogens is 756 g/mol. The molecule has 2 aliphatic heterocycles. The lowest BCUT2D eigenvalue weighted by Crippen LogP contribution is -2.53. The lowest BCUT2D eigenvalue weighted by molar-refractivity contribution is -0.144. The summed E-state index contributed by atoms with van der Waals surface area (Å²) >= 11 is 19.5. The Morgan fingerprint density at radius 2 is 1.58 bits per heavy atom. The summed E-state index contributed by atoms with van der Waals surface area (Å²) in [6, 6.07) is 11.2. The number of phenolic OH excluding ortho intramolecular Hbond substituents is 1. The van der Waals surface area contributed by atoms with Crippen molar-refractivity contribution in [2.24, 2.45) is 23.7 Å². The molecule has 276 valence electrons. The van der Waals surface area contributed by atoms with E-state index in [2.05, 4.69) is 10.4 Å². The molecular formula is C38H32Cl3F3N4O5. The van der Waals surface area contributed by atoms with Gasteiger partial charge in [0.1, 0.15) is 5.75 Å². The van der Waals surface area contributed by atoms with E-state index in [0.717, 1.165) is 37.1 Å². The second-order valence-corrected chi connectivity index (χ2v) is 15.7. The summed E-state index contributed by atoms with van der Waals surface area (Å²) < 4.78 is 40.4. The molecule has 2 saturated carbocycles. The number of hydrogen-bond acceptors (Lipinski definition) is 7. The molecule has 4 amide bonds. The summed E-state index contributed by atoms with van der Waals surface area (Å²) in [5.41, 5.74) is 1.21. The van der Waals surface area contributed by atoms with Crippen LogP contribution in [0.4, 0.5) is 19.0 Å². The fourth-order valence-electron chi connectivity index (χ4n) is 9.60. The number of aromatic nitrogens is 1. The molecule has 0 bridgehead atoms. The Kier molecular flexibility index (Phi) is 8.81. The number of hydrogen-bond donors (Lipinski definition) is 2. The first-order valence-electron chi connectivity index (χ1n) is 17.4. The van der Waals surface area contributed by atoms with Crippen LogP contribution in [0, 0.1) is 23.7 Å². The Morgan fingerprint density at radius 1 is 0.868 bits per heavy atom. The molecule has 8 rings (SSSR count). The number of halogens is 6. The van der Waals surface area contributed by atoms with Crippen LogP contribution in [0.25, 0.3) is 0 Å². The summed E-state index contributed by atoms with van der Waals surface area (Å²) in [5, 5.41) is 11.1. The van der Waals surface area contributed by atoms with Crippen molar-refractivity contribution in [2.75, 3.05) is 5.43 Å². The topological polar surface area (TPSA) is 120 Å². The Labute approximate surface area is 317 Å². The SMILES string of the molecule is O=C1[C@@H]2C[C@@H]3C(=CC[C@@H]4C(=O)N(C5CCCCC5)C(=O)[C@@H]43)[C@H](c3ccc(O)cc3Cl)[C@]2(c2ccc(Cl)cc2)C(=O)N1Nc1ncc(C(F)(F)F)cc1Cl. The van der Waals surface area contributed by atoms with Crippen LogP contribution in [0.1, 0.15) is 67.6 Å². The van der Waals surface area contributed by atoms with Gasteiger partial charge in [0, 0.05) is 28.2 Å². The van der Waals surface area contributed by atoms with Crippen molar-refractivity contribution >= 4 is 64.2 Å². The van der Waals surface area contributed by atoms with Crippen LogP contribution in [-0.2, 0) is 30.8 Å². The number of anilines is 1. The number of hydrazine groups is 1. The maximum Gasteiger partial charge on any atom is 0.417 e. The molecule has 2 N–H and O–H groups in total. The average Bonchev–Trinajstić information content (AvgIpc) is 3.50. The molecule has 0 spiro atoms. The molecule has 0 unspecified atom stereocenters. The van der Waals surface area contributed by atoms with Gasteiger partial charge in [-0.3, -0.25) is 29.5 Å². The number of phenols is 1. The quantitative estimate of drug-likeness (QED) is 0.198. The van der Waals surface area contributed by atoms with Gasteiger partial charge in [0.2, 0.25) is 11.8 Å². The average molecular weight is 788 g/mol. The highest BCUT2D eigenvalue weighted by atomic mass is 35.5. The maximum atomic E-state index is 15.2. The van der Waals surface area contributed by atoms with E-state index < -0.39 is 63.6 Å². The molecule has 3 heterocycles. The van der Waals surface area contributed by atoms with E-state index in [1.165, 1.54) is 17.0 Å². The molecule has 0 radical (unpaired) electrons. The van der Waals surface area contributed by atoms with Gasteiger partial charge in [0.25, 0.3) is 11.8 Å². The van der Waals surface area contributed by atoms with Gasteiger partial charge in [-0.1, -0.05) is 83.9 Å². The summed E-state index contributed by atoms with van der Waals surface area (Å²) in [6.07, 6.45) is 2.23. The summed E-state index contributed by atoms with van der Waals surface area (Å²) in [4.78, 5) is 63.7. The number of aromatic hydroxyl groups is 1. The number of rotatable bonds is 5. The zero-order valence-electron chi connectivity index (χ0n) is 27.9. The van der Waals surface area contributed by atoms with Crippen molar-refractivity contribution in [1.82, 2.24) is 14.9 Å². The van der Waals surface area contributed by atoms with Crippen molar-refractivity contribution < 1.29 is 37.5 Å². The van der Waals surface area contributed by atoms with Crippen LogP contribution in [0.15, 0.2) is 66.4 Å². The molecule has 2 aromatic carbocycles. The van der Waals surface area contributed by atoms with Crippen molar-refractivity contribution in [1.29, 1.82) is 0 Å². The molecule has 4 fully saturated rings. The number of benzene rings is 2. The first-order chi connectivity index (χ1) is 25.2. The number of carbonyl (C=O) groups excluding carboxylic acids is 4. The molecule has 9 nitrogen and oxygen atoms in total. The third-order valence-corrected chi connectivity index (χ3v) is 12.7. The first-order valence-corrected chi connectivity index (χ1v) is 18.6. The lowest BCUT2D eigenvalue weighted by Gasteiger charge is -2.50. The molecule has 5 aliphatic rings. The van der Waals surface area contributed by atoms with Gasteiger partial charge in [-0.05, 0) is 73.1 Å². The Bertz CT molecular complexity index is 2090. The van der Waals surface area contributed by atoms with Crippen LogP contribution in [0.5, 0.6) is 5.75 Å². The lowest BCUT2D eigenvalue weighted by atomic mass is 9.49. The number of nitrogens with one attached hydrogen (secondary N) is 1. The Hall–Kier alpha value is -4.13. The number of pyridine rings is 1. The number of amides is 4. The second kappa shape index (κ2) is 13.0. The van der Waals surface area contributed by atoms with Crippen molar-refractivity contribution in [3.8, 4) is 5.75 Å². The van der Waals surface area contributed by atoms with Gasteiger partial charge < -0.3 is 5.11 Å². The van der Waals surface area contributed by atoms with Gasteiger partial charge in [0.05, 0.1) is 33.8 Å². The van der Waals surface area contributed by atoms with Crippen molar-refractivity contribution in [2.45, 2.75) is 68.5 Å². The number of allylic oxidation sites excluding steroid dienone is 2. The number of imide groups is 2. The number of likely N-dealkylation sites (tertiary alicyclic amines) is 1. The number of carbonyl (C=O) groups is 4. The standard InChI is InChI=1S/C38H32Cl3F3N4O5/c39-20-8-6-18(7-9-20)37-27(34(51)48(36(37)53)46-32-29(41)14-19(17-45-32)38(42,43)44)16-26-23(31(37)24-11-10-22(49)15-28(24)40)12-13-25-30(26)35(52)47(33(25)50)21-4-2-1-3-5-21/h6-12,14-15,17,21,25-27,30-31,49H,1-5,13,16H2,(H,45,46)/t25-,26+,27-,30-,31+,37+/m0/s1. The second-order valence-electron chi connectivity index (χ2n) is 14.5. The van der Waals surface area contributed by atoms with Gasteiger partial charge >= 0.3 is 6.18 Å². The van der Waals surface area contributed by atoms with E-state index in [-0.39, 0.29) is 47.3 Å². The van der Waals surface area contributed by atoms with Gasteiger partial charge in [-0.25, -0.2) is 4.98 Å². The molecule has 3 aliphatic carbocycles. The minimum atomic E-state index is -4.74. The normalized spacial score (nSPS) is 28.9. The summed E-state index contributed by atoms with van der Waals surface area (Å²) in [5.74, 6) is -6.75. The van der Waals surface area contributed by atoms with Crippen LogP contribution >= 0.6 is 34.8 Å². The van der Waals surface area contributed by atoms with E-state index >= 15 is 4.79 Å². The highest BCUT2D eigenvalue weighted by Crippen LogP contribution is 2.65. The maximum absolute atomic E-state index is 15.2. The largest absolute Gasteiger partial charge is 0.508 e. The monoisotopic (exact) mass is 786 g/mol. The molecule has 53 heavy (non-hydrogen) atoms. The van der Waals surface area contributed by atoms with E-state index in [4.69, 9.17) is 34.8 Å². The first kappa shape index (κ1) is 35.9. The molecule has 1 aromatic heterocycles. The minimum absolute atomic E-state index is 0.00369. The van der Waals surface area contributed by atoms with Crippen molar-refractivity contribution in [3.63, 3.8) is 0 Å². The van der Waals surface area contributed by atoms with E-state index in [1.807, 2.05) is 6.08 Å². The van der Waals surface area contributed by atoms with Gasteiger partial charge in [-0.2, -0.15) is 18.2 Å². The fourth-order valence-corrected chi connectivity index (χ4v) is 10.2. The fraction of sp³-hybridized carbons (Fsp3) is 0.395. The van der Waals surface area contributed by atoms with Crippen LogP contribution in [0.3, 0.4) is 0 Å². The Morgan fingerprint density at radius 3 is 2.25 bits per heavy atom. The van der Waals surface area contributed by atoms with Crippen LogP contribution in [-0.4, -0.2) is 49.7 Å². The molecule has 2 saturated heterocycles. The zero-order chi connectivity index (χ0) is 37.6. The highest BCUT2D eigenvalue weighted by Gasteiger charge is 2.70. The van der Waals surface area contributed by atoms with Gasteiger partial charge in [0.15, 0.2) is 5.82 Å². The highest BCUT2D eigenvalue weighted by molar-refractivity contribution is 6.33. The van der Waals surface area contributed by atoms with Crippen molar-refractivity contribution in [3.05, 3.63) is 98.1 Å². The van der Waals surface area contributed by atoms with Crippen LogP contribution in [0.2, 0.25) is 15.1 Å². The smallest absolute Gasteiger partial charge is 0.417 e. The summed E-state index contributed by atoms with van der Waals surface area (Å²) in [7, 11) is 0. The van der Waals surface area contributed by atoms with E-state index in [9.17, 15) is 32.7 Å². The molecule has 3 aromatic rings. The van der Waals surface area contributed by atoms with Gasteiger partial charge in [-0.15, -0.1) is 0 Å². The predicted molar refractivity (Wildman–Crippen MR) is 189 cm³/mol. The zero-order valence-corrected chi connectivity index (χ0v) is 30.1. The third-order valence-electron chi connectivity index (χ3n) is 11.8. The van der Waals surface area contributed by atoms with Crippen LogP contribution < -0.4 is 5.43 Å². The predicted octanol–water partition coefficient (Wildman–Crippen LogP) is 8.08. The minimum Gasteiger partial charge on any atom is -0.508 e. The molecule has 15 heteroatoms. The van der Waals surface area contributed by atoms with E-state index in [0.29, 0.717) is 34.0 Å². The summed E-state index contributed by atoms with van der Waals surface area (Å²) in [6.45, 7) is 0. The number of fused-ring (bicyclic) bond motifs is 4. The Balaban J connectivity index is 1.30. The number of alkyl halides is 3.